The zero-order valence-electron chi connectivity index (χ0n) is 9.65. The Bertz CT molecular complexity index is 485. The van der Waals surface area contributed by atoms with E-state index in [0.29, 0.717) is 11.4 Å². The molecule has 0 amide bonds. The number of nitrogens with zero attached hydrogens (tertiary/aromatic N) is 1. The molecule has 0 bridgehead atoms. The third kappa shape index (κ3) is 3.93. The highest BCUT2D eigenvalue weighted by Crippen LogP contribution is 2.34. The first-order valence-electron chi connectivity index (χ1n) is 5.34. The van der Waals surface area contributed by atoms with Crippen LogP contribution in [0.1, 0.15) is 29.2 Å². The minimum absolute atomic E-state index is 0.0697. The minimum atomic E-state index is -4.68. The highest BCUT2D eigenvalue weighted by Gasteiger charge is 2.34. The average Bonchev–Trinajstić information content (AvgIpc) is 2.36. The second-order valence-electron chi connectivity index (χ2n) is 3.90. The Morgan fingerprint density at radius 3 is 2.42 bits per heavy atom. The molecule has 0 aliphatic heterocycles. The normalized spacial score (nSPS) is 14.8. The molecule has 104 valence electrons. The van der Waals surface area contributed by atoms with Gasteiger partial charge in [-0.15, -0.1) is 0 Å². The first-order valence-corrected chi connectivity index (χ1v) is 6.46. The summed E-state index contributed by atoms with van der Waals surface area (Å²) in [5.41, 5.74) is -1.70. The molecular formula is C12H11BrF3NO2. The fraction of sp³-hybridized carbons (Fsp3) is 0.417. The summed E-state index contributed by atoms with van der Waals surface area (Å²) in [5.74, 6) is 0. The number of halogens is 4. The van der Waals surface area contributed by atoms with Crippen LogP contribution in [-0.4, -0.2) is 21.6 Å². The highest BCUT2D eigenvalue weighted by atomic mass is 79.9. The zero-order valence-corrected chi connectivity index (χ0v) is 11.2. The van der Waals surface area contributed by atoms with E-state index in [2.05, 4.69) is 15.9 Å². The molecule has 0 heterocycles. The van der Waals surface area contributed by atoms with Gasteiger partial charge in [-0.25, -0.2) is 0 Å². The lowest BCUT2D eigenvalue weighted by atomic mass is 9.97. The van der Waals surface area contributed by atoms with E-state index in [1.165, 1.54) is 12.1 Å². The van der Waals surface area contributed by atoms with E-state index >= 15 is 0 Å². The van der Waals surface area contributed by atoms with Crippen molar-refractivity contribution in [3.63, 3.8) is 0 Å². The van der Waals surface area contributed by atoms with Gasteiger partial charge in [-0.3, -0.25) is 0 Å². The molecular weight excluding hydrogens is 327 g/mol. The third-order valence-corrected chi connectivity index (χ3v) is 3.04. The van der Waals surface area contributed by atoms with Crippen molar-refractivity contribution in [2.75, 3.05) is 5.33 Å². The summed E-state index contributed by atoms with van der Waals surface area (Å²) in [6.07, 6.45) is -7.08. The number of nitriles is 1. The van der Waals surface area contributed by atoms with E-state index in [9.17, 15) is 23.4 Å². The van der Waals surface area contributed by atoms with Crippen LogP contribution in [0, 0.1) is 11.3 Å². The van der Waals surface area contributed by atoms with Gasteiger partial charge in [-0.1, -0.05) is 22.0 Å². The summed E-state index contributed by atoms with van der Waals surface area (Å²) in [6.45, 7) is 0. The quantitative estimate of drug-likeness (QED) is 0.830. The van der Waals surface area contributed by atoms with Crippen LogP contribution in [0.5, 0.6) is 0 Å². The lowest BCUT2D eigenvalue weighted by Crippen LogP contribution is -2.19. The fourth-order valence-electron chi connectivity index (χ4n) is 1.57. The molecule has 1 rings (SSSR count). The Labute approximate surface area is 116 Å². The van der Waals surface area contributed by atoms with Gasteiger partial charge in [0.2, 0.25) is 0 Å². The SMILES string of the molecule is N#Cc1ccc(C(O)C(O)CCBr)cc1C(F)(F)F. The molecule has 7 heteroatoms. The predicted molar refractivity (Wildman–Crippen MR) is 65.5 cm³/mol. The summed E-state index contributed by atoms with van der Waals surface area (Å²) in [4.78, 5) is 0. The number of rotatable bonds is 4. The second kappa shape index (κ2) is 6.37. The van der Waals surface area contributed by atoms with Gasteiger partial charge in [-0.2, -0.15) is 18.4 Å². The predicted octanol–water partition coefficient (Wildman–Crippen LogP) is 2.76. The molecule has 0 aromatic heterocycles. The largest absolute Gasteiger partial charge is 0.417 e. The Morgan fingerprint density at radius 1 is 1.32 bits per heavy atom. The van der Waals surface area contributed by atoms with Gasteiger partial charge in [0.05, 0.1) is 23.3 Å². The van der Waals surface area contributed by atoms with E-state index < -0.39 is 29.5 Å². The molecule has 19 heavy (non-hydrogen) atoms. The molecule has 0 fully saturated rings. The zero-order chi connectivity index (χ0) is 14.6. The summed E-state index contributed by atoms with van der Waals surface area (Å²) in [7, 11) is 0. The molecule has 0 saturated heterocycles. The van der Waals surface area contributed by atoms with Crippen LogP contribution in [-0.2, 0) is 6.18 Å². The molecule has 2 unspecified atom stereocenters. The van der Waals surface area contributed by atoms with Gasteiger partial charge < -0.3 is 10.2 Å². The topological polar surface area (TPSA) is 64.2 Å². The van der Waals surface area contributed by atoms with Crippen LogP contribution >= 0.6 is 15.9 Å². The fourth-order valence-corrected chi connectivity index (χ4v) is 2.04. The molecule has 2 atom stereocenters. The number of alkyl halides is 4. The third-order valence-electron chi connectivity index (χ3n) is 2.58. The molecule has 0 saturated carbocycles. The van der Waals surface area contributed by atoms with E-state index in [0.717, 1.165) is 6.07 Å². The molecule has 0 spiro atoms. The Balaban J connectivity index is 3.16. The van der Waals surface area contributed by atoms with E-state index in [-0.39, 0.29) is 12.0 Å². The van der Waals surface area contributed by atoms with Gasteiger partial charge in [0, 0.05) is 5.33 Å². The van der Waals surface area contributed by atoms with Crippen LogP contribution < -0.4 is 0 Å². The smallest absolute Gasteiger partial charge is 0.390 e. The van der Waals surface area contributed by atoms with E-state index in [1.807, 2.05) is 0 Å². The highest BCUT2D eigenvalue weighted by molar-refractivity contribution is 9.09. The van der Waals surface area contributed by atoms with Crippen molar-refractivity contribution in [3.8, 4) is 6.07 Å². The maximum absolute atomic E-state index is 12.7. The van der Waals surface area contributed by atoms with Crippen LogP contribution in [0.3, 0.4) is 0 Å². The van der Waals surface area contributed by atoms with Gasteiger partial charge >= 0.3 is 6.18 Å². The standard InChI is InChI=1S/C12H11BrF3NO2/c13-4-3-10(18)11(19)7-1-2-8(6-17)9(5-7)12(14,15)16/h1-2,5,10-11,18-19H,3-4H2. The van der Waals surface area contributed by atoms with E-state index in [1.54, 1.807) is 0 Å². The maximum Gasteiger partial charge on any atom is 0.417 e. The lowest BCUT2D eigenvalue weighted by Gasteiger charge is -2.19. The van der Waals surface area contributed by atoms with Crippen molar-refractivity contribution in [2.24, 2.45) is 0 Å². The number of hydrogen-bond donors (Lipinski definition) is 2. The summed E-state index contributed by atoms with van der Waals surface area (Å²) in [5, 5.41) is 28.4. The Hall–Kier alpha value is -1.10. The molecule has 0 aliphatic rings. The number of benzene rings is 1. The van der Waals surface area contributed by atoms with Crippen molar-refractivity contribution >= 4 is 15.9 Å². The van der Waals surface area contributed by atoms with Gasteiger partial charge in [-0.05, 0) is 24.1 Å². The number of aliphatic hydroxyl groups excluding tert-OH is 2. The summed E-state index contributed by atoms with van der Waals surface area (Å²) in [6, 6.07) is 4.34. The average molecular weight is 338 g/mol. The molecule has 0 aliphatic carbocycles. The van der Waals surface area contributed by atoms with Gasteiger partial charge in [0.15, 0.2) is 0 Å². The van der Waals surface area contributed by atoms with Crippen molar-refractivity contribution in [1.82, 2.24) is 0 Å². The summed E-state index contributed by atoms with van der Waals surface area (Å²) >= 11 is 3.07. The van der Waals surface area contributed by atoms with Crippen molar-refractivity contribution < 1.29 is 23.4 Å². The molecule has 0 radical (unpaired) electrons. The lowest BCUT2D eigenvalue weighted by molar-refractivity contribution is -0.137. The molecule has 1 aromatic carbocycles. The Morgan fingerprint density at radius 2 is 1.95 bits per heavy atom. The summed E-state index contributed by atoms with van der Waals surface area (Å²) < 4.78 is 38.2. The first-order chi connectivity index (χ1) is 8.81. The molecule has 2 N–H and O–H groups in total. The van der Waals surface area contributed by atoms with E-state index in [4.69, 9.17) is 5.26 Å². The Kier molecular flexibility index (Phi) is 5.35. The second-order valence-corrected chi connectivity index (χ2v) is 4.70. The molecule has 1 aromatic rings. The van der Waals surface area contributed by atoms with Crippen LogP contribution in [0.2, 0.25) is 0 Å². The first kappa shape index (κ1) is 16.0. The number of hydrogen-bond acceptors (Lipinski definition) is 3. The monoisotopic (exact) mass is 337 g/mol. The number of aliphatic hydroxyl groups is 2. The minimum Gasteiger partial charge on any atom is -0.390 e. The van der Waals surface area contributed by atoms with Gasteiger partial charge in [0.25, 0.3) is 0 Å². The van der Waals surface area contributed by atoms with Crippen LogP contribution in [0.4, 0.5) is 13.2 Å². The van der Waals surface area contributed by atoms with Crippen molar-refractivity contribution in [1.29, 1.82) is 5.26 Å². The van der Waals surface area contributed by atoms with Crippen molar-refractivity contribution in [3.05, 3.63) is 34.9 Å². The maximum atomic E-state index is 12.7. The molecule has 3 nitrogen and oxygen atoms in total. The van der Waals surface area contributed by atoms with Crippen LogP contribution in [0.25, 0.3) is 0 Å². The van der Waals surface area contributed by atoms with Crippen molar-refractivity contribution in [2.45, 2.75) is 24.8 Å². The van der Waals surface area contributed by atoms with Gasteiger partial charge in [0.1, 0.15) is 6.10 Å². The van der Waals surface area contributed by atoms with Crippen LogP contribution in [0.15, 0.2) is 18.2 Å².